The van der Waals surface area contributed by atoms with Crippen molar-refractivity contribution in [2.45, 2.75) is 4.90 Å². The molecule has 0 radical (unpaired) electrons. The van der Waals surface area contributed by atoms with Crippen molar-refractivity contribution < 1.29 is 13.2 Å². The van der Waals surface area contributed by atoms with Crippen molar-refractivity contribution in [2.75, 3.05) is 43.6 Å². The van der Waals surface area contributed by atoms with Crippen LogP contribution in [0.25, 0.3) is 6.08 Å². The van der Waals surface area contributed by atoms with Crippen LogP contribution in [0.1, 0.15) is 5.56 Å². The number of carbonyl (C=O) groups excluding carboxylic acids is 1. The standard InChI is InChI=1S/C27H27Cl2N3O3S/c28-23-13-14-25(29)26(20-23)32(36(34,35)24-11-5-2-6-12-24)21-27(33)31-18-16-30(17-19-31)15-7-10-22-8-3-1-4-9-22/h1-14,20H,15-19,21H2/b10-7+. The second-order valence-corrected chi connectivity index (χ2v) is 11.1. The minimum absolute atomic E-state index is 0.0730. The molecule has 3 aromatic rings. The third-order valence-electron chi connectivity index (χ3n) is 5.99. The third-order valence-corrected chi connectivity index (χ3v) is 8.31. The van der Waals surface area contributed by atoms with E-state index in [1.807, 2.05) is 18.2 Å². The Morgan fingerprint density at radius 1 is 0.889 bits per heavy atom. The van der Waals surface area contributed by atoms with Gasteiger partial charge in [-0.2, -0.15) is 0 Å². The molecule has 0 unspecified atom stereocenters. The molecule has 9 heteroatoms. The van der Waals surface area contributed by atoms with Gasteiger partial charge in [0.15, 0.2) is 0 Å². The first-order valence-corrected chi connectivity index (χ1v) is 13.8. The average molecular weight is 545 g/mol. The second kappa shape index (κ2) is 11.9. The first-order chi connectivity index (χ1) is 17.3. The van der Waals surface area contributed by atoms with Crippen LogP contribution in [0.4, 0.5) is 5.69 Å². The number of rotatable bonds is 8. The van der Waals surface area contributed by atoms with Crippen LogP contribution in [0.15, 0.2) is 89.8 Å². The van der Waals surface area contributed by atoms with Gasteiger partial charge in [0.25, 0.3) is 10.0 Å². The summed E-state index contributed by atoms with van der Waals surface area (Å²) in [4.78, 5) is 17.3. The van der Waals surface area contributed by atoms with E-state index < -0.39 is 10.0 Å². The average Bonchev–Trinajstić information content (AvgIpc) is 2.90. The van der Waals surface area contributed by atoms with Gasteiger partial charge in [-0.15, -0.1) is 0 Å². The number of anilines is 1. The fraction of sp³-hybridized carbons (Fsp3) is 0.222. The molecule has 0 aromatic heterocycles. The molecule has 1 fully saturated rings. The van der Waals surface area contributed by atoms with Gasteiger partial charge in [0.1, 0.15) is 6.54 Å². The Bertz CT molecular complexity index is 1310. The highest BCUT2D eigenvalue weighted by atomic mass is 35.5. The summed E-state index contributed by atoms with van der Waals surface area (Å²) in [5.74, 6) is -0.287. The Hall–Kier alpha value is -2.84. The zero-order chi connectivity index (χ0) is 25.5. The minimum atomic E-state index is -4.05. The Morgan fingerprint density at radius 3 is 2.19 bits per heavy atom. The lowest BCUT2D eigenvalue weighted by Crippen LogP contribution is -2.51. The van der Waals surface area contributed by atoms with Gasteiger partial charge < -0.3 is 4.90 Å². The van der Waals surface area contributed by atoms with Gasteiger partial charge in [-0.1, -0.05) is 83.9 Å². The van der Waals surface area contributed by atoms with Gasteiger partial charge in [0.05, 0.1) is 15.6 Å². The third kappa shape index (κ3) is 6.48. The highest BCUT2D eigenvalue weighted by Crippen LogP contribution is 2.33. The number of hydrogen-bond acceptors (Lipinski definition) is 4. The predicted molar refractivity (Wildman–Crippen MR) is 146 cm³/mol. The number of hydrogen-bond donors (Lipinski definition) is 0. The van der Waals surface area contributed by atoms with Gasteiger partial charge in [0, 0.05) is 37.7 Å². The van der Waals surface area contributed by atoms with E-state index in [1.54, 1.807) is 29.2 Å². The molecular weight excluding hydrogens is 517 g/mol. The summed E-state index contributed by atoms with van der Waals surface area (Å²) in [5.41, 5.74) is 1.32. The molecule has 1 aliphatic rings. The maximum Gasteiger partial charge on any atom is 0.264 e. The van der Waals surface area contributed by atoms with E-state index >= 15 is 0 Å². The fourth-order valence-electron chi connectivity index (χ4n) is 4.00. The SMILES string of the molecule is O=C(CN(c1cc(Cl)ccc1Cl)S(=O)(=O)c1ccccc1)N1CCN(C/C=C/c2ccccc2)CC1. The van der Waals surface area contributed by atoms with E-state index in [4.69, 9.17) is 23.2 Å². The van der Waals surface area contributed by atoms with E-state index in [1.165, 1.54) is 24.3 Å². The molecule has 1 amide bonds. The summed E-state index contributed by atoms with van der Waals surface area (Å²) in [6.07, 6.45) is 4.20. The van der Waals surface area contributed by atoms with Gasteiger partial charge >= 0.3 is 0 Å². The number of sulfonamides is 1. The second-order valence-electron chi connectivity index (χ2n) is 8.41. The van der Waals surface area contributed by atoms with Crippen LogP contribution in [-0.4, -0.2) is 63.4 Å². The number of carbonyl (C=O) groups is 1. The van der Waals surface area contributed by atoms with E-state index in [9.17, 15) is 13.2 Å². The molecule has 0 spiro atoms. The first kappa shape index (κ1) is 26.2. The van der Waals surface area contributed by atoms with Gasteiger partial charge in [0.2, 0.25) is 5.91 Å². The number of benzene rings is 3. The predicted octanol–water partition coefficient (Wildman–Crippen LogP) is 5.05. The lowest BCUT2D eigenvalue weighted by atomic mass is 10.2. The zero-order valence-electron chi connectivity index (χ0n) is 19.6. The quantitative estimate of drug-likeness (QED) is 0.399. The molecule has 188 valence electrons. The molecule has 3 aromatic carbocycles. The summed E-state index contributed by atoms with van der Waals surface area (Å²) >= 11 is 12.5. The minimum Gasteiger partial charge on any atom is -0.339 e. The molecule has 1 heterocycles. The van der Waals surface area contributed by atoms with Crippen molar-refractivity contribution in [3.63, 3.8) is 0 Å². The molecule has 0 aliphatic carbocycles. The van der Waals surface area contributed by atoms with Crippen LogP contribution in [0.3, 0.4) is 0 Å². The Morgan fingerprint density at radius 2 is 1.53 bits per heavy atom. The Labute approximate surface area is 222 Å². The molecule has 0 atom stereocenters. The van der Waals surface area contributed by atoms with Crippen LogP contribution >= 0.6 is 23.2 Å². The number of piperazine rings is 1. The summed E-state index contributed by atoms with van der Waals surface area (Å²) in [6.45, 7) is 2.85. The van der Waals surface area contributed by atoms with Crippen LogP contribution in [0.2, 0.25) is 10.0 Å². The normalized spacial score (nSPS) is 14.8. The van der Waals surface area contributed by atoms with Crippen molar-refractivity contribution in [1.82, 2.24) is 9.80 Å². The van der Waals surface area contributed by atoms with Gasteiger partial charge in [-0.3, -0.25) is 14.0 Å². The summed E-state index contributed by atoms with van der Waals surface area (Å²) < 4.78 is 28.1. The van der Waals surface area contributed by atoms with Crippen LogP contribution in [0, 0.1) is 0 Å². The summed E-state index contributed by atoms with van der Waals surface area (Å²) in [6, 6.07) is 22.7. The monoisotopic (exact) mass is 543 g/mol. The summed E-state index contributed by atoms with van der Waals surface area (Å²) in [5, 5.41) is 0.522. The van der Waals surface area contributed by atoms with E-state index in [0.717, 1.165) is 16.4 Å². The van der Waals surface area contributed by atoms with Crippen molar-refractivity contribution >= 4 is 50.9 Å². The van der Waals surface area contributed by atoms with E-state index in [0.29, 0.717) is 31.2 Å². The molecular formula is C27H27Cl2N3O3S. The van der Waals surface area contributed by atoms with Crippen molar-refractivity contribution in [3.05, 3.63) is 101 Å². The van der Waals surface area contributed by atoms with Gasteiger partial charge in [-0.25, -0.2) is 8.42 Å². The van der Waals surface area contributed by atoms with E-state index in [-0.39, 0.29) is 28.1 Å². The van der Waals surface area contributed by atoms with Crippen molar-refractivity contribution in [1.29, 1.82) is 0 Å². The summed E-state index contributed by atoms with van der Waals surface area (Å²) in [7, 11) is -4.05. The largest absolute Gasteiger partial charge is 0.339 e. The number of nitrogens with zero attached hydrogens (tertiary/aromatic N) is 3. The van der Waals surface area contributed by atoms with Gasteiger partial charge in [-0.05, 0) is 35.9 Å². The number of halogens is 2. The van der Waals surface area contributed by atoms with Crippen molar-refractivity contribution in [3.8, 4) is 0 Å². The van der Waals surface area contributed by atoms with Crippen LogP contribution < -0.4 is 4.31 Å². The van der Waals surface area contributed by atoms with Crippen LogP contribution in [0.5, 0.6) is 0 Å². The van der Waals surface area contributed by atoms with Crippen molar-refractivity contribution in [2.24, 2.45) is 0 Å². The maximum absolute atomic E-state index is 13.5. The highest BCUT2D eigenvalue weighted by Gasteiger charge is 2.31. The van der Waals surface area contributed by atoms with Crippen LogP contribution in [-0.2, 0) is 14.8 Å². The first-order valence-electron chi connectivity index (χ1n) is 11.6. The fourth-order valence-corrected chi connectivity index (χ4v) is 5.88. The number of amides is 1. The Kier molecular flexibility index (Phi) is 8.69. The molecule has 0 bridgehead atoms. The van der Waals surface area contributed by atoms with E-state index in [2.05, 4.69) is 29.2 Å². The molecule has 6 nitrogen and oxygen atoms in total. The smallest absolute Gasteiger partial charge is 0.264 e. The Balaban J connectivity index is 1.45. The lowest BCUT2D eigenvalue weighted by molar-refractivity contribution is -0.131. The molecule has 4 rings (SSSR count). The molecule has 36 heavy (non-hydrogen) atoms. The lowest BCUT2D eigenvalue weighted by Gasteiger charge is -2.35. The zero-order valence-corrected chi connectivity index (χ0v) is 22.0. The maximum atomic E-state index is 13.5. The highest BCUT2D eigenvalue weighted by molar-refractivity contribution is 7.92. The molecule has 0 saturated carbocycles. The molecule has 1 saturated heterocycles. The topological polar surface area (TPSA) is 60.9 Å². The molecule has 1 aliphatic heterocycles. The molecule has 0 N–H and O–H groups in total.